The topological polar surface area (TPSA) is 29.6 Å². The third kappa shape index (κ3) is 8.24. The number of aliphatic imine (C=N–C) groups is 2. The smallest absolute Gasteiger partial charge is 0.164 e. The molecule has 0 fully saturated rings. The van der Waals surface area contributed by atoms with Crippen LogP contribution in [0.1, 0.15) is 71.1 Å². The number of para-hydroxylation sites is 1. The minimum atomic E-state index is 0.589. The predicted molar refractivity (Wildman–Crippen MR) is 283 cm³/mol. The number of rotatable bonds is 9. The molecule has 2 heterocycles. The van der Waals surface area contributed by atoms with Gasteiger partial charge in [0.05, 0.1) is 21.4 Å². The molecule has 316 valence electrons. The number of hydrogen-bond donors (Lipinski definition) is 0. The molecule has 0 bridgehead atoms. The van der Waals surface area contributed by atoms with Crippen LogP contribution in [-0.2, 0) is 0 Å². The van der Waals surface area contributed by atoms with E-state index in [4.69, 9.17) is 16.6 Å². The molecule has 3 nitrogen and oxygen atoms in total. The molecule has 0 saturated heterocycles. The normalized spacial score (nSPS) is 11.7. The molecular weight excluding hydrogens is 783 g/mol. The van der Waals surface area contributed by atoms with E-state index in [1.54, 1.807) is 6.08 Å². The number of aromatic nitrogens is 1. The Morgan fingerprint density at radius 2 is 1.32 bits per heavy atom. The summed E-state index contributed by atoms with van der Waals surface area (Å²) in [5.74, 6) is 0.777. The fourth-order valence-corrected chi connectivity index (χ4v) is 10.2. The van der Waals surface area contributed by atoms with Crippen LogP contribution in [0.2, 0.25) is 0 Å². The van der Waals surface area contributed by atoms with Gasteiger partial charge < -0.3 is 0 Å². The van der Waals surface area contributed by atoms with Crippen LogP contribution in [0.3, 0.4) is 0 Å². The highest BCUT2D eigenvalue weighted by Crippen LogP contribution is 2.48. The van der Waals surface area contributed by atoms with Crippen LogP contribution < -0.4 is 0 Å². The van der Waals surface area contributed by atoms with E-state index in [2.05, 4.69) is 180 Å². The fourth-order valence-electron chi connectivity index (χ4n) is 8.91. The first-order valence-electron chi connectivity index (χ1n) is 22.2. The highest BCUT2D eigenvalue weighted by atomic mass is 32.1. The second kappa shape index (κ2) is 19.6. The molecule has 0 radical (unpaired) electrons. The van der Waals surface area contributed by atoms with Gasteiger partial charge in [-0.05, 0) is 122 Å². The van der Waals surface area contributed by atoms with E-state index >= 15 is 0 Å². The van der Waals surface area contributed by atoms with E-state index in [-0.39, 0.29) is 0 Å². The first-order chi connectivity index (χ1) is 30.7. The molecule has 0 aliphatic heterocycles. The molecule has 2 aromatic heterocycles. The molecule has 9 aromatic rings. The third-order valence-corrected chi connectivity index (χ3v) is 12.8. The average Bonchev–Trinajstić information content (AvgIpc) is 3.84. The van der Waals surface area contributed by atoms with Gasteiger partial charge in [-0.25, -0.2) is 4.99 Å². The molecule has 9 rings (SSSR count). The number of thiophene rings is 1. The van der Waals surface area contributed by atoms with Gasteiger partial charge in [0, 0.05) is 38.4 Å². The van der Waals surface area contributed by atoms with Gasteiger partial charge in [0.2, 0.25) is 0 Å². The van der Waals surface area contributed by atoms with Crippen molar-refractivity contribution in [3.05, 3.63) is 193 Å². The maximum atomic E-state index is 5.70. The van der Waals surface area contributed by atoms with Crippen molar-refractivity contribution in [2.75, 3.05) is 6.54 Å². The Balaban J connectivity index is 0.00000114. The summed E-state index contributed by atoms with van der Waals surface area (Å²) in [6.45, 7) is 29.4. The SMILES string of the molecule is C=CC.C=CCCC(C(=C)N=C(C(=NCC)c1cccc(-c2ccccc2C)c1C)n1c2ccccc2c2c3ccccc3c3c4cc5ccccc5cc4sc3c21)=C(C)C.CC. The van der Waals surface area contributed by atoms with Crippen LogP contribution in [0.15, 0.2) is 186 Å². The molecule has 0 N–H and O–H groups in total. The van der Waals surface area contributed by atoms with E-state index in [9.17, 15) is 0 Å². The molecule has 0 unspecified atom stereocenters. The molecule has 0 aliphatic rings. The van der Waals surface area contributed by atoms with Crippen molar-refractivity contribution in [3.63, 3.8) is 0 Å². The second-order valence-corrected chi connectivity index (χ2v) is 16.9. The van der Waals surface area contributed by atoms with Crippen molar-refractivity contribution in [1.82, 2.24) is 4.57 Å². The Morgan fingerprint density at radius 1 is 0.714 bits per heavy atom. The molecule has 0 spiro atoms. The zero-order valence-corrected chi connectivity index (χ0v) is 39.1. The highest BCUT2D eigenvalue weighted by Gasteiger charge is 2.27. The molecule has 4 heteroatoms. The van der Waals surface area contributed by atoms with Gasteiger partial charge >= 0.3 is 0 Å². The van der Waals surface area contributed by atoms with Crippen molar-refractivity contribution in [3.8, 4) is 11.1 Å². The lowest BCUT2D eigenvalue weighted by Gasteiger charge is -2.20. The first kappa shape index (κ1) is 44.4. The Hall–Kier alpha value is -6.62. The summed E-state index contributed by atoms with van der Waals surface area (Å²) in [5, 5.41) is 9.95. The molecule has 0 saturated carbocycles. The lowest BCUT2D eigenvalue weighted by molar-refractivity contribution is 0.957. The maximum Gasteiger partial charge on any atom is 0.164 e. The lowest BCUT2D eigenvalue weighted by atomic mass is 9.91. The van der Waals surface area contributed by atoms with Crippen molar-refractivity contribution in [1.29, 1.82) is 0 Å². The Kier molecular flexibility index (Phi) is 13.8. The summed E-state index contributed by atoms with van der Waals surface area (Å²) in [7, 11) is 0. The lowest BCUT2D eigenvalue weighted by Crippen LogP contribution is -2.26. The third-order valence-electron chi connectivity index (χ3n) is 11.7. The van der Waals surface area contributed by atoms with Crippen molar-refractivity contribution in [2.45, 2.75) is 68.2 Å². The van der Waals surface area contributed by atoms with Crippen LogP contribution in [0.5, 0.6) is 0 Å². The summed E-state index contributed by atoms with van der Waals surface area (Å²) in [4.78, 5) is 11.1. The van der Waals surface area contributed by atoms with E-state index in [1.165, 1.54) is 80.3 Å². The van der Waals surface area contributed by atoms with Crippen molar-refractivity contribution >= 4 is 86.4 Å². The van der Waals surface area contributed by atoms with Gasteiger partial charge in [-0.15, -0.1) is 24.5 Å². The van der Waals surface area contributed by atoms with Crippen LogP contribution in [0.25, 0.3) is 74.6 Å². The number of hydrogen-bond acceptors (Lipinski definition) is 3. The second-order valence-electron chi connectivity index (χ2n) is 15.8. The number of aryl methyl sites for hydroxylation is 1. The van der Waals surface area contributed by atoms with E-state index in [0.717, 1.165) is 52.3 Å². The molecule has 63 heavy (non-hydrogen) atoms. The van der Waals surface area contributed by atoms with E-state index in [0.29, 0.717) is 6.54 Å². The van der Waals surface area contributed by atoms with Gasteiger partial charge in [0.25, 0.3) is 0 Å². The number of fused-ring (bicyclic) bond motifs is 11. The van der Waals surface area contributed by atoms with Gasteiger partial charge in [0.1, 0.15) is 5.71 Å². The number of benzene rings is 7. The Labute approximate surface area is 377 Å². The first-order valence-corrected chi connectivity index (χ1v) is 23.1. The van der Waals surface area contributed by atoms with Gasteiger partial charge in [0.15, 0.2) is 5.84 Å². The van der Waals surface area contributed by atoms with Crippen LogP contribution in [-0.4, -0.2) is 22.7 Å². The quantitative estimate of drug-likeness (QED) is 0.0600. The van der Waals surface area contributed by atoms with Crippen LogP contribution >= 0.6 is 11.3 Å². The molecule has 0 atom stereocenters. The molecule has 0 aliphatic carbocycles. The standard InChI is InChI=1S/C54H47N3S.C3H6.C2H6/c1-8-10-23-39(33(3)4)36(7)56-54(51(55-9-2)42-29-19-28-41(35(42)6)40-24-14-11-20-34(40)5)57-47-30-18-17-27-45(47)49-43-25-15-16-26-44(43)50-46-31-37-21-12-13-22-38(37)32-48(46)58-53(50)52(49)57;1-3-2;1-2/h8,11-22,24-32H,1,7,9-10,23H2,2-6H3;3H,1H2,2H3;1-2H3. The largest absolute Gasteiger partial charge is 0.290 e. The Morgan fingerprint density at radius 3 is 1.98 bits per heavy atom. The average molecular weight is 842 g/mol. The van der Waals surface area contributed by atoms with E-state index in [1.807, 2.05) is 38.2 Å². The molecule has 7 aromatic carbocycles. The van der Waals surface area contributed by atoms with Gasteiger partial charge in [-0.2, -0.15) is 0 Å². The number of nitrogens with zero attached hydrogens (tertiary/aromatic N) is 3. The van der Waals surface area contributed by atoms with Crippen LogP contribution in [0.4, 0.5) is 0 Å². The molecule has 0 amide bonds. The van der Waals surface area contributed by atoms with Crippen molar-refractivity contribution < 1.29 is 0 Å². The monoisotopic (exact) mass is 841 g/mol. The van der Waals surface area contributed by atoms with Gasteiger partial charge in [-0.3, -0.25) is 9.56 Å². The summed E-state index contributed by atoms with van der Waals surface area (Å²) >= 11 is 1.88. The minimum absolute atomic E-state index is 0.589. The Bertz CT molecular complexity index is 3290. The zero-order chi connectivity index (χ0) is 44.8. The minimum Gasteiger partial charge on any atom is -0.290 e. The van der Waals surface area contributed by atoms with Gasteiger partial charge in [-0.1, -0.05) is 147 Å². The summed E-state index contributed by atoms with van der Waals surface area (Å²) < 4.78 is 4.93. The fraction of sp³-hybridized carbons (Fsp3) is 0.186. The highest BCUT2D eigenvalue weighted by molar-refractivity contribution is 7.27. The maximum absolute atomic E-state index is 5.70. The zero-order valence-electron chi connectivity index (χ0n) is 38.3. The summed E-state index contributed by atoms with van der Waals surface area (Å²) in [6.07, 6.45) is 5.39. The van der Waals surface area contributed by atoms with Crippen LogP contribution in [0, 0.1) is 13.8 Å². The molecular formula is C59H59N3S. The van der Waals surface area contributed by atoms with Crippen molar-refractivity contribution in [2.24, 2.45) is 9.98 Å². The van der Waals surface area contributed by atoms with E-state index < -0.39 is 0 Å². The summed E-state index contributed by atoms with van der Waals surface area (Å²) in [6, 6.07) is 46.5. The summed E-state index contributed by atoms with van der Waals surface area (Å²) in [5.41, 5.74) is 12.1. The predicted octanol–water partition coefficient (Wildman–Crippen LogP) is 17.5. The number of allylic oxidation sites excluding steroid dienone is 4.